The van der Waals surface area contributed by atoms with Crippen molar-refractivity contribution < 1.29 is 13.5 Å². The van der Waals surface area contributed by atoms with Crippen molar-refractivity contribution in [2.45, 2.75) is 32.4 Å². The first-order valence-electron chi connectivity index (χ1n) is 5.51. The summed E-state index contributed by atoms with van der Waals surface area (Å²) in [4.78, 5) is 0. The van der Waals surface area contributed by atoms with Crippen LogP contribution in [0.2, 0.25) is 0 Å². The van der Waals surface area contributed by atoms with Crippen molar-refractivity contribution >= 4 is 0 Å². The van der Waals surface area contributed by atoms with E-state index in [1.807, 2.05) is 13.8 Å². The van der Waals surface area contributed by atoms with E-state index >= 15 is 0 Å². The van der Waals surface area contributed by atoms with Gasteiger partial charge in [0.1, 0.15) is 0 Å². The van der Waals surface area contributed by atoms with Gasteiger partial charge in [0.2, 0.25) is 5.82 Å². The maximum Gasteiger partial charge on any atom is 0.200 e. The Hall–Kier alpha value is -1.16. The molecule has 1 aliphatic heterocycles. The number of hydrogen-bond donors (Lipinski definition) is 1. The SMILES string of the molecule is CCNC1CC(C)Oc2c1ccc(F)c2F. The van der Waals surface area contributed by atoms with Crippen LogP contribution < -0.4 is 10.1 Å². The number of halogens is 2. The minimum absolute atomic E-state index is 0.0406. The molecule has 4 heteroatoms. The van der Waals surface area contributed by atoms with Crippen molar-refractivity contribution in [3.8, 4) is 5.75 Å². The summed E-state index contributed by atoms with van der Waals surface area (Å²) >= 11 is 0. The predicted octanol–water partition coefficient (Wildman–Crippen LogP) is 2.79. The second-order valence-electron chi connectivity index (χ2n) is 4.05. The third kappa shape index (κ3) is 1.89. The largest absolute Gasteiger partial charge is 0.487 e. The number of hydrogen-bond acceptors (Lipinski definition) is 2. The van der Waals surface area contributed by atoms with E-state index in [9.17, 15) is 8.78 Å². The fraction of sp³-hybridized carbons (Fsp3) is 0.500. The Labute approximate surface area is 93.6 Å². The monoisotopic (exact) mass is 227 g/mol. The van der Waals surface area contributed by atoms with Gasteiger partial charge in [0, 0.05) is 18.0 Å². The van der Waals surface area contributed by atoms with Crippen LogP contribution in [0.25, 0.3) is 0 Å². The molecule has 1 aromatic carbocycles. The highest BCUT2D eigenvalue weighted by molar-refractivity contribution is 5.40. The van der Waals surface area contributed by atoms with Crippen LogP contribution in [-0.4, -0.2) is 12.6 Å². The van der Waals surface area contributed by atoms with E-state index in [4.69, 9.17) is 4.74 Å². The lowest BCUT2D eigenvalue weighted by Gasteiger charge is -2.31. The standard InChI is InChI=1S/C12H15F2NO/c1-3-15-10-6-7(2)16-12-8(10)4-5-9(13)11(12)14/h4-5,7,10,15H,3,6H2,1-2H3. The van der Waals surface area contributed by atoms with Gasteiger partial charge in [-0.25, -0.2) is 4.39 Å². The zero-order chi connectivity index (χ0) is 11.7. The Morgan fingerprint density at radius 2 is 2.19 bits per heavy atom. The summed E-state index contributed by atoms with van der Waals surface area (Å²) in [7, 11) is 0. The molecule has 0 aromatic heterocycles. The molecule has 0 saturated heterocycles. The molecular weight excluding hydrogens is 212 g/mol. The third-order valence-electron chi connectivity index (χ3n) is 2.79. The third-order valence-corrected chi connectivity index (χ3v) is 2.79. The molecule has 1 aliphatic rings. The predicted molar refractivity (Wildman–Crippen MR) is 57.5 cm³/mol. The van der Waals surface area contributed by atoms with Crippen LogP contribution in [0.3, 0.4) is 0 Å². The minimum Gasteiger partial charge on any atom is -0.487 e. The molecule has 16 heavy (non-hydrogen) atoms. The Morgan fingerprint density at radius 3 is 2.88 bits per heavy atom. The van der Waals surface area contributed by atoms with E-state index in [0.29, 0.717) is 5.56 Å². The molecule has 0 fully saturated rings. The molecule has 1 aromatic rings. The lowest BCUT2D eigenvalue weighted by Crippen LogP contribution is -2.32. The van der Waals surface area contributed by atoms with Crippen LogP contribution in [-0.2, 0) is 0 Å². The molecule has 0 radical (unpaired) electrons. The molecule has 0 bridgehead atoms. The smallest absolute Gasteiger partial charge is 0.200 e. The maximum absolute atomic E-state index is 13.5. The zero-order valence-corrected chi connectivity index (χ0v) is 9.39. The number of nitrogens with one attached hydrogen (secondary N) is 1. The summed E-state index contributed by atoms with van der Waals surface area (Å²) in [5.41, 5.74) is 0.707. The minimum atomic E-state index is -0.882. The average molecular weight is 227 g/mol. The summed E-state index contributed by atoms with van der Waals surface area (Å²) in [6, 6.07) is 2.78. The van der Waals surface area contributed by atoms with Gasteiger partial charge in [-0.1, -0.05) is 13.0 Å². The van der Waals surface area contributed by atoms with Crippen molar-refractivity contribution in [3.63, 3.8) is 0 Å². The van der Waals surface area contributed by atoms with Gasteiger partial charge in [-0.15, -0.1) is 0 Å². The first kappa shape index (κ1) is 11.3. The highest BCUT2D eigenvalue weighted by atomic mass is 19.2. The summed E-state index contributed by atoms with van der Waals surface area (Å²) < 4.78 is 32.0. The topological polar surface area (TPSA) is 21.3 Å². The fourth-order valence-electron chi connectivity index (χ4n) is 2.09. The van der Waals surface area contributed by atoms with Crippen molar-refractivity contribution in [3.05, 3.63) is 29.3 Å². The van der Waals surface area contributed by atoms with E-state index in [1.54, 1.807) is 6.07 Å². The average Bonchev–Trinajstić information content (AvgIpc) is 2.24. The highest BCUT2D eigenvalue weighted by Crippen LogP contribution is 2.37. The molecule has 88 valence electrons. The van der Waals surface area contributed by atoms with Gasteiger partial charge in [-0.05, 0) is 19.5 Å². The summed E-state index contributed by atoms with van der Waals surface area (Å²) in [5, 5.41) is 3.25. The van der Waals surface area contributed by atoms with Gasteiger partial charge in [-0.2, -0.15) is 4.39 Å². The van der Waals surface area contributed by atoms with Crippen molar-refractivity contribution in [1.82, 2.24) is 5.32 Å². The van der Waals surface area contributed by atoms with Crippen molar-refractivity contribution in [1.29, 1.82) is 0 Å². The number of fused-ring (bicyclic) bond motifs is 1. The van der Waals surface area contributed by atoms with E-state index in [-0.39, 0.29) is 17.9 Å². The van der Waals surface area contributed by atoms with Crippen molar-refractivity contribution in [2.75, 3.05) is 6.54 Å². The molecule has 1 N–H and O–H groups in total. The normalized spacial score (nSPS) is 23.8. The van der Waals surface area contributed by atoms with E-state index in [2.05, 4.69) is 5.32 Å². The first-order valence-corrected chi connectivity index (χ1v) is 5.51. The number of benzene rings is 1. The van der Waals surface area contributed by atoms with Gasteiger partial charge < -0.3 is 10.1 Å². The van der Waals surface area contributed by atoms with Gasteiger partial charge in [0.15, 0.2) is 11.6 Å². The van der Waals surface area contributed by atoms with Crippen molar-refractivity contribution in [2.24, 2.45) is 0 Å². The van der Waals surface area contributed by atoms with Crippen LogP contribution in [0, 0.1) is 11.6 Å². The molecule has 2 nitrogen and oxygen atoms in total. The van der Waals surface area contributed by atoms with Gasteiger partial charge in [-0.3, -0.25) is 0 Å². The van der Waals surface area contributed by atoms with Crippen LogP contribution in [0.15, 0.2) is 12.1 Å². The van der Waals surface area contributed by atoms with E-state index < -0.39 is 11.6 Å². The van der Waals surface area contributed by atoms with Crippen LogP contribution in [0.4, 0.5) is 8.78 Å². The number of ether oxygens (including phenoxy) is 1. The fourth-order valence-corrected chi connectivity index (χ4v) is 2.09. The van der Waals surface area contributed by atoms with Gasteiger partial charge in [0.05, 0.1) is 6.10 Å². The van der Waals surface area contributed by atoms with Crippen LogP contribution in [0.1, 0.15) is 31.9 Å². The zero-order valence-electron chi connectivity index (χ0n) is 9.39. The molecule has 2 unspecified atom stereocenters. The molecule has 0 aliphatic carbocycles. The number of rotatable bonds is 2. The first-order chi connectivity index (χ1) is 7.63. The Morgan fingerprint density at radius 1 is 1.44 bits per heavy atom. The molecule has 0 amide bonds. The lowest BCUT2D eigenvalue weighted by atomic mass is 9.96. The van der Waals surface area contributed by atoms with Gasteiger partial charge >= 0.3 is 0 Å². The second kappa shape index (κ2) is 4.37. The van der Waals surface area contributed by atoms with E-state index in [0.717, 1.165) is 19.0 Å². The molecular formula is C12H15F2NO. The summed E-state index contributed by atoms with van der Waals surface area (Å²) in [6.07, 6.45) is 0.666. The Kier molecular flexibility index (Phi) is 3.10. The lowest BCUT2D eigenvalue weighted by molar-refractivity contribution is 0.157. The van der Waals surface area contributed by atoms with Crippen LogP contribution in [0.5, 0.6) is 5.75 Å². The molecule has 2 rings (SSSR count). The molecule has 1 heterocycles. The second-order valence-corrected chi connectivity index (χ2v) is 4.05. The quantitative estimate of drug-likeness (QED) is 0.838. The van der Waals surface area contributed by atoms with Crippen LogP contribution >= 0.6 is 0 Å². The van der Waals surface area contributed by atoms with E-state index in [1.165, 1.54) is 0 Å². The maximum atomic E-state index is 13.5. The summed E-state index contributed by atoms with van der Waals surface area (Å²) in [5.74, 6) is -1.68. The van der Waals surface area contributed by atoms with Gasteiger partial charge in [0.25, 0.3) is 0 Å². The molecule has 0 spiro atoms. The highest BCUT2D eigenvalue weighted by Gasteiger charge is 2.28. The summed E-state index contributed by atoms with van der Waals surface area (Å²) in [6.45, 7) is 4.63. The molecule has 0 saturated carbocycles. The molecule has 2 atom stereocenters. The Balaban J connectivity index is 2.43. The Bertz CT molecular complexity index is 395.